The molecule has 2 aromatic heterocycles. The molecule has 2 heterocycles. The lowest BCUT2D eigenvalue weighted by molar-refractivity contribution is -0.143. The van der Waals surface area contributed by atoms with E-state index in [-0.39, 0.29) is 11.4 Å². The van der Waals surface area contributed by atoms with Crippen LogP contribution in [0.3, 0.4) is 0 Å². The number of nitrogens with zero attached hydrogens (tertiary/aromatic N) is 3. The minimum absolute atomic E-state index is 0.162. The summed E-state index contributed by atoms with van der Waals surface area (Å²) in [4.78, 5) is 15.8. The number of nitrogens with one attached hydrogen (secondary N) is 1. The van der Waals surface area contributed by atoms with Crippen molar-refractivity contribution in [3.8, 4) is 0 Å². The van der Waals surface area contributed by atoms with Crippen molar-refractivity contribution in [2.75, 3.05) is 5.32 Å². The molecule has 2 rings (SSSR count). The van der Waals surface area contributed by atoms with Gasteiger partial charge in [0, 0.05) is 25.0 Å². The van der Waals surface area contributed by atoms with Crippen molar-refractivity contribution >= 4 is 11.7 Å². The Balaban J connectivity index is 2.18. The molecule has 20 heavy (non-hydrogen) atoms. The van der Waals surface area contributed by atoms with Crippen LogP contribution in [0.2, 0.25) is 0 Å². The van der Waals surface area contributed by atoms with Crippen molar-refractivity contribution in [1.29, 1.82) is 0 Å². The van der Waals surface area contributed by atoms with E-state index in [9.17, 15) is 18.0 Å². The summed E-state index contributed by atoms with van der Waals surface area (Å²) in [5.74, 6) is -0.727. The minimum Gasteiger partial charge on any atom is -0.305 e. The van der Waals surface area contributed by atoms with Crippen LogP contribution in [-0.2, 0) is 13.2 Å². The van der Waals surface area contributed by atoms with E-state index in [0.29, 0.717) is 4.68 Å². The third-order valence-electron chi connectivity index (χ3n) is 2.59. The fraction of sp³-hybridized carbons (Fsp3) is 0.250. The summed E-state index contributed by atoms with van der Waals surface area (Å²) in [7, 11) is 1.16. The molecule has 2 aromatic rings. The smallest absolute Gasteiger partial charge is 0.305 e. The van der Waals surface area contributed by atoms with Gasteiger partial charge in [-0.05, 0) is 19.1 Å². The number of aromatic nitrogens is 3. The molecular formula is C12H11F3N4O. The Morgan fingerprint density at radius 3 is 2.55 bits per heavy atom. The third kappa shape index (κ3) is 2.95. The average molecular weight is 284 g/mol. The standard InChI is InChI=1S/C12H11F3N4O/c1-7-3-4-8(6-16-7)11(20)17-10-5-9(12(13,14)15)19(2)18-10/h3-6H,1-2H3,(H,17,18,20). The maximum absolute atomic E-state index is 12.6. The van der Waals surface area contributed by atoms with Crippen LogP contribution in [0.5, 0.6) is 0 Å². The fourth-order valence-electron chi connectivity index (χ4n) is 1.58. The van der Waals surface area contributed by atoms with E-state index < -0.39 is 17.8 Å². The first kappa shape index (κ1) is 14.0. The summed E-state index contributed by atoms with van der Waals surface area (Å²) in [6, 6.07) is 3.94. The molecule has 1 amide bonds. The van der Waals surface area contributed by atoms with Gasteiger partial charge in [-0.25, -0.2) is 0 Å². The number of rotatable bonds is 2. The molecule has 0 aromatic carbocycles. The fourth-order valence-corrected chi connectivity index (χ4v) is 1.58. The van der Waals surface area contributed by atoms with E-state index in [1.165, 1.54) is 12.3 Å². The number of hydrogen-bond donors (Lipinski definition) is 1. The van der Waals surface area contributed by atoms with Crippen LogP contribution in [0.4, 0.5) is 19.0 Å². The first-order valence-corrected chi connectivity index (χ1v) is 5.62. The van der Waals surface area contributed by atoms with E-state index in [2.05, 4.69) is 15.4 Å². The van der Waals surface area contributed by atoms with E-state index in [4.69, 9.17) is 0 Å². The number of aryl methyl sites for hydroxylation is 2. The second-order valence-electron chi connectivity index (χ2n) is 4.18. The van der Waals surface area contributed by atoms with Crippen LogP contribution in [0.15, 0.2) is 24.4 Å². The Hall–Kier alpha value is -2.38. The highest BCUT2D eigenvalue weighted by atomic mass is 19.4. The molecule has 0 saturated carbocycles. The largest absolute Gasteiger partial charge is 0.433 e. The number of carbonyl (C=O) groups is 1. The van der Waals surface area contributed by atoms with Crippen molar-refractivity contribution in [1.82, 2.24) is 14.8 Å². The summed E-state index contributed by atoms with van der Waals surface area (Å²) >= 11 is 0. The molecule has 1 N–H and O–H groups in total. The molecule has 5 nitrogen and oxygen atoms in total. The Morgan fingerprint density at radius 1 is 1.35 bits per heavy atom. The molecule has 0 atom stereocenters. The molecule has 0 aliphatic heterocycles. The van der Waals surface area contributed by atoms with Gasteiger partial charge in [0.25, 0.3) is 5.91 Å². The van der Waals surface area contributed by atoms with Gasteiger partial charge in [-0.3, -0.25) is 14.5 Å². The van der Waals surface area contributed by atoms with Gasteiger partial charge >= 0.3 is 6.18 Å². The SMILES string of the molecule is Cc1ccc(C(=O)Nc2cc(C(F)(F)F)n(C)n2)cn1. The van der Waals surface area contributed by atoms with Crippen molar-refractivity contribution in [2.45, 2.75) is 13.1 Å². The van der Waals surface area contributed by atoms with Crippen LogP contribution in [-0.4, -0.2) is 20.7 Å². The van der Waals surface area contributed by atoms with Crippen LogP contribution in [0.25, 0.3) is 0 Å². The summed E-state index contributed by atoms with van der Waals surface area (Å²) < 4.78 is 38.4. The summed E-state index contributed by atoms with van der Waals surface area (Å²) in [6.07, 6.45) is -3.17. The number of pyridine rings is 1. The molecule has 0 unspecified atom stereocenters. The molecule has 0 aliphatic rings. The Morgan fingerprint density at radius 2 is 2.05 bits per heavy atom. The van der Waals surface area contributed by atoms with E-state index in [1.807, 2.05) is 0 Å². The highest BCUT2D eigenvalue weighted by Crippen LogP contribution is 2.30. The normalized spacial score (nSPS) is 11.4. The van der Waals surface area contributed by atoms with Crippen molar-refractivity contribution in [2.24, 2.45) is 7.05 Å². The van der Waals surface area contributed by atoms with Gasteiger partial charge in [-0.15, -0.1) is 0 Å². The highest BCUT2D eigenvalue weighted by Gasteiger charge is 2.35. The molecule has 0 fully saturated rings. The van der Waals surface area contributed by atoms with Gasteiger partial charge in [0.05, 0.1) is 5.56 Å². The average Bonchev–Trinajstić information content (AvgIpc) is 2.70. The number of alkyl halides is 3. The topological polar surface area (TPSA) is 59.8 Å². The van der Waals surface area contributed by atoms with Crippen LogP contribution in [0.1, 0.15) is 21.7 Å². The van der Waals surface area contributed by atoms with Crippen LogP contribution >= 0.6 is 0 Å². The lowest BCUT2D eigenvalue weighted by Gasteiger charge is -2.04. The maximum atomic E-state index is 12.6. The predicted molar refractivity (Wildman–Crippen MR) is 65.1 cm³/mol. The summed E-state index contributed by atoms with van der Waals surface area (Å²) in [5.41, 5.74) is 0.0448. The van der Waals surface area contributed by atoms with Crippen molar-refractivity contribution in [3.63, 3.8) is 0 Å². The predicted octanol–water partition coefficient (Wildman–Crippen LogP) is 2.39. The van der Waals surface area contributed by atoms with Gasteiger partial charge < -0.3 is 5.32 Å². The summed E-state index contributed by atoms with van der Waals surface area (Å²) in [5, 5.41) is 5.90. The van der Waals surface area contributed by atoms with Gasteiger partial charge in [-0.1, -0.05) is 0 Å². The molecular weight excluding hydrogens is 273 g/mol. The quantitative estimate of drug-likeness (QED) is 0.921. The Bertz CT molecular complexity index is 631. The van der Waals surface area contributed by atoms with Crippen molar-refractivity contribution < 1.29 is 18.0 Å². The number of halogens is 3. The third-order valence-corrected chi connectivity index (χ3v) is 2.59. The van der Waals surface area contributed by atoms with Gasteiger partial charge in [0.1, 0.15) is 5.69 Å². The molecule has 0 bridgehead atoms. The van der Waals surface area contributed by atoms with Crippen molar-refractivity contribution in [3.05, 3.63) is 41.3 Å². The zero-order valence-electron chi connectivity index (χ0n) is 10.7. The Labute approximate surface area is 112 Å². The number of hydrogen-bond acceptors (Lipinski definition) is 3. The Kier molecular flexibility index (Phi) is 3.47. The van der Waals surface area contributed by atoms with E-state index in [0.717, 1.165) is 18.8 Å². The number of carbonyl (C=O) groups excluding carboxylic acids is 1. The van der Waals surface area contributed by atoms with Crippen LogP contribution in [0, 0.1) is 6.92 Å². The minimum atomic E-state index is -4.52. The first-order valence-electron chi connectivity index (χ1n) is 5.62. The lowest BCUT2D eigenvalue weighted by Crippen LogP contribution is -2.13. The first-order chi connectivity index (χ1) is 9.27. The molecule has 0 spiro atoms. The highest BCUT2D eigenvalue weighted by molar-refractivity contribution is 6.03. The van der Waals surface area contributed by atoms with Gasteiger partial charge in [0.2, 0.25) is 0 Å². The molecule has 0 radical (unpaired) electrons. The van der Waals surface area contributed by atoms with Gasteiger partial charge in [-0.2, -0.15) is 18.3 Å². The number of amides is 1. The number of anilines is 1. The zero-order valence-corrected chi connectivity index (χ0v) is 10.7. The van der Waals surface area contributed by atoms with E-state index >= 15 is 0 Å². The second-order valence-corrected chi connectivity index (χ2v) is 4.18. The van der Waals surface area contributed by atoms with Crippen LogP contribution < -0.4 is 5.32 Å². The molecule has 8 heteroatoms. The van der Waals surface area contributed by atoms with E-state index in [1.54, 1.807) is 13.0 Å². The second kappa shape index (κ2) is 4.95. The monoisotopic (exact) mass is 284 g/mol. The molecule has 106 valence electrons. The van der Waals surface area contributed by atoms with Gasteiger partial charge in [0.15, 0.2) is 5.82 Å². The summed E-state index contributed by atoms with van der Waals surface area (Å²) in [6.45, 7) is 1.76. The lowest BCUT2D eigenvalue weighted by atomic mass is 10.2. The zero-order chi connectivity index (χ0) is 14.9. The molecule has 0 saturated heterocycles. The maximum Gasteiger partial charge on any atom is 0.433 e. The molecule has 0 aliphatic carbocycles.